The van der Waals surface area contributed by atoms with Crippen molar-refractivity contribution in [3.05, 3.63) is 12.4 Å². The lowest BCUT2D eigenvalue weighted by molar-refractivity contribution is -0.144. The van der Waals surface area contributed by atoms with Crippen LogP contribution in [0.5, 0.6) is 5.75 Å². The first-order valence-corrected chi connectivity index (χ1v) is 4.55. The molecule has 0 amide bonds. The zero-order valence-electron chi connectivity index (χ0n) is 8.30. The molecule has 5 heteroatoms. The van der Waals surface area contributed by atoms with E-state index in [1.54, 1.807) is 10.9 Å². The second-order valence-electron chi connectivity index (χ2n) is 3.04. The monoisotopic (exact) mass is 198 g/mol. The van der Waals surface area contributed by atoms with Gasteiger partial charge in [0.25, 0.3) is 0 Å². The van der Waals surface area contributed by atoms with E-state index in [2.05, 4.69) is 5.10 Å². The van der Waals surface area contributed by atoms with Crippen LogP contribution in [0.1, 0.15) is 20.3 Å². The SMILES string of the molecule is CCCn1cc(O[C@H](C)C(=O)O)cn1. The quantitative estimate of drug-likeness (QED) is 0.770. The molecule has 0 bridgehead atoms. The number of hydrogen-bond donors (Lipinski definition) is 1. The lowest BCUT2D eigenvalue weighted by Crippen LogP contribution is -2.22. The molecule has 1 atom stereocenters. The number of ether oxygens (including phenoxy) is 1. The Hall–Kier alpha value is -1.52. The molecule has 0 saturated heterocycles. The minimum absolute atomic E-state index is 0.494. The summed E-state index contributed by atoms with van der Waals surface area (Å²) in [7, 11) is 0. The summed E-state index contributed by atoms with van der Waals surface area (Å²) in [5.41, 5.74) is 0. The summed E-state index contributed by atoms with van der Waals surface area (Å²) < 4.78 is 6.85. The third kappa shape index (κ3) is 2.76. The molecule has 5 nitrogen and oxygen atoms in total. The maximum absolute atomic E-state index is 10.5. The fourth-order valence-corrected chi connectivity index (χ4v) is 1.01. The number of nitrogens with zero attached hydrogens (tertiary/aromatic N) is 2. The Morgan fingerprint density at radius 3 is 3.07 bits per heavy atom. The average molecular weight is 198 g/mol. The van der Waals surface area contributed by atoms with Crippen LogP contribution in [0.3, 0.4) is 0 Å². The number of aromatic nitrogens is 2. The highest BCUT2D eigenvalue weighted by Crippen LogP contribution is 2.10. The molecular formula is C9H14N2O3. The van der Waals surface area contributed by atoms with E-state index in [1.807, 2.05) is 6.92 Å². The number of carboxylic acid groups (broad SMARTS) is 1. The molecule has 1 rings (SSSR count). The summed E-state index contributed by atoms with van der Waals surface area (Å²) in [6.45, 7) is 4.34. The Bertz CT molecular complexity index is 309. The van der Waals surface area contributed by atoms with E-state index in [9.17, 15) is 4.79 Å². The van der Waals surface area contributed by atoms with Crippen molar-refractivity contribution in [2.45, 2.75) is 32.9 Å². The van der Waals surface area contributed by atoms with Gasteiger partial charge in [-0.05, 0) is 13.3 Å². The van der Waals surface area contributed by atoms with E-state index >= 15 is 0 Å². The van der Waals surface area contributed by atoms with E-state index in [0.29, 0.717) is 5.75 Å². The van der Waals surface area contributed by atoms with Crippen molar-refractivity contribution in [1.82, 2.24) is 9.78 Å². The minimum atomic E-state index is -0.978. The van der Waals surface area contributed by atoms with Crippen molar-refractivity contribution >= 4 is 5.97 Å². The van der Waals surface area contributed by atoms with Crippen LogP contribution in [0.4, 0.5) is 0 Å². The molecule has 1 N–H and O–H groups in total. The van der Waals surface area contributed by atoms with Gasteiger partial charge in [-0.1, -0.05) is 6.92 Å². The number of aliphatic carboxylic acids is 1. The number of carbonyl (C=O) groups is 1. The molecule has 0 saturated carbocycles. The molecule has 78 valence electrons. The van der Waals surface area contributed by atoms with Crippen LogP contribution in [0.25, 0.3) is 0 Å². The van der Waals surface area contributed by atoms with Gasteiger partial charge in [0.15, 0.2) is 11.9 Å². The minimum Gasteiger partial charge on any atom is -0.479 e. The van der Waals surface area contributed by atoms with Gasteiger partial charge in [-0.3, -0.25) is 4.68 Å². The first-order chi connectivity index (χ1) is 6.63. The maximum atomic E-state index is 10.5. The number of aryl methyl sites for hydroxylation is 1. The highest BCUT2D eigenvalue weighted by atomic mass is 16.5. The van der Waals surface area contributed by atoms with Crippen molar-refractivity contribution in [1.29, 1.82) is 0 Å². The van der Waals surface area contributed by atoms with E-state index in [4.69, 9.17) is 9.84 Å². The lowest BCUT2D eigenvalue weighted by Gasteiger charge is -2.06. The molecule has 1 heterocycles. The second kappa shape index (κ2) is 4.64. The van der Waals surface area contributed by atoms with Crippen molar-refractivity contribution in [2.24, 2.45) is 0 Å². The van der Waals surface area contributed by atoms with Gasteiger partial charge in [-0.15, -0.1) is 0 Å². The molecule has 0 aliphatic heterocycles. The fourth-order valence-electron chi connectivity index (χ4n) is 1.01. The van der Waals surface area contributed by atoms with E-state index < -0.39 is 12.1 Å². The van der Waals surface area contributed by atoms with Gasteiger partial charge in [0, 0.05) is 6.54 Å². The van der Waals surface area contributed by atoms with Crippen LogP contribution in [0.2, 0.25) is 0 Å². The van der Waals surface area contributed by atoms with Crippen LogP contribution in [0, 0.1) is 0 Å². The van der Waals surface area contributed by atoms with Crippen LogP contribution in [-0.4, -0.2) is 27.0 Å². The zero-order valence-corrected chi connectivity index (χ0v) is 8.30. The van der Waals surface area contributed by atoms with Gasteiger partial charge in [0.05, 0.1) is 12.4 Å². The molecular weight excluding hydrogens is 184 g/mol. The second-order valence-corrected chi connectivity index (χ2v) is 3.04. The van der Waals surface area contributed by atoms with Crippen molar-refractivity contribution < 1.29 is 14.6 Å². The predicted octanol–water partition coefficient (Wildman–Crippen LogP) is 1.15. The molecule has 1 aromatic rings. The molecule has 0 fully saturated rings. The third-order valence-corrected chi connectivity index (χ3v) is 1.72. The fraction of sp³-hybridized carbons (Fsp3) is 0.556. The van der Waals surface area contributed by atoms with E-state index in [0.717, 1.165) is 13.0 Å². The maximum Gasteiger partial charge on any atom is 0.344 e. The number of carboxylic acids is 1. The number of hydrogen-bond acceptors (Lipinski definition) is 3. The van der Waals surface area contributed by atoms with Gasteiger partial charge in [0.2, 0.25) is 0 Å². The third-order valence-electron chi connectivity index (χ3n) is 1.72. The average Bonchev–Trinajstić information content (AvgIpc) is 2.53. The Morgan fingerprint density at radius 2 is 2.50 bits per heavy atom. The van der Waals surface area contributed by atoms with Crippen LogP contribution < -0.4 is 4.74 Å². The number of rotatable bonds is 5. The first kappa shape index (κ1) is 10.6. The largest absolute Gasteiger partial charge is 0.479 e. The summed E-state index contributed by atoms with van der Waals surface area (Å²) in [5, 5.41) is 12.6. The van der Waals surface area contributed by atoms with Gasteiger partial charge >= 0.3 is 5.97 Å². The normalized spacial score (nSPS) is 12.4. The molecule has 0 unspecified atom stereocenters. The summed E-state index contributed by atoms with van der Waals surface area (Å²) >= 11 is 0. The molecule has 0 aliphatic rings. The summed E-state index contributed by atoms with van der Waals surface area (Å²) in [4.78, 5) is 10.5. The van der Waals surface area contributed by atoms with Gasteiger partial charge in [0.1, 0.15) is 0 Å². The molecule has 0 aliphatic carbocycles. The zero-order chi connectivity index (χ0) is 10.6. The smallest absolute Gasteiger partial charge is 0.344 e. The summed E-state index contributed by atoms with van der Waals surface area (Å²) in [6, 6.07) is 0. The molecule has 0 spiro atoms. The van der Waals surface area contributed by atoms with Crippen molar-refractivity contribution in [2.75, 3.05) is 0 Å². The summed E-state index contributed by atoms with van der Waals surface area (Å²) in [6.07, 6.45) is 3.36. The lowest BCUT2D eigenvalue weighted by atomic mass is 10.4. The molecule has 14 heavy (non-hydrogen) atoms. The first-order valence-electron chi connectivity index (χ1n) is 4.55. The van der Waals surface area contributed by atoms with E-state index in [-0.39, 0.29) is 0 Å². The van der Waals surface area contributed by atoms with Crippen molar-refractivity contribution in [3.8, 4) is 5.75 Å². The molecule has 1 aromatic heterocycles. The van der Waals surface area contributed by atoms with Crippen LogP contribution >= 0.6 is 0 Å². The molecule has 0 aromatic carbocycles. The Balaban J connectivity index is 2.55. The Morgan fingerprint density at radius 1 is 1.79 bits per heavy atom. The Kier molecular flexibility index (Phi) is 3.50. The van der Waals surface area contributed by atoms with E-state index in [1.165, 1.54) is 13.1 Å². The van der Waals surface area contributed by atoms with Crippen LogP contribution in [0.15, 0.2) is 12.4 Å². The van der Waals surface area contributed by atoms with Gasteiger partial charge in [-0.25, -0.2) is 4.79 Å². The van der Waals surface area contributed by atoms with Crippen molar-refractivity contribution in [3.63, 3.8) is 0 Å². The topological polar surface area (TPSA) is 64.3 Å². The predicted molar refractivity (Wildman–Crippen MR) is 50.2 cm³/mol. The summed E-state index contributed by atoms with van der Waals surface area (Å²) in [5.74, 6) is -0.485. The van der Waals surface area contributed by atoms with Gasteiger partial charge in [-0.2, -0.15) is 5.10 Å². The highest BCUT2D eigenvalue weighted by Gasteiger charge is 2.13. The standard InChI is InChI=1S/C9H14N2O3/c1-3-4-11-6-8(5-10-11)14-7(2)9(12)13/h5-7H,3-4H2,1-2H3,(H,12,13)/t7-/m1/s1. The molecule has 0 radical (unpaired) electrons. The highest BCUT2D eigenvalue weighted by molar-refractivity contribution is 5.72. The van der Waals surface area contributed by atoms with Crippen LogP contribution in [-0.2, 0) is 11.3 Å². The Labute approximate surface area is 82.3 Å². The van der Waals surface area contributed by atoms with Gasteiger partial charge < -0.3 is 9.84 Å².